The smallest absolute Gasteiger partial charge is 0.208 e. The molecular weight excluding hydrogens is 179 g/mol. The van der Waals surface area contributed by atoms with Crippen molar-refractivity contribution >= 4 is 22.3 Å². The molecular formula is C7H9FN2OS. The van der Waals surface area contributed by atoms with Crippen molar-refractivity contribution in [2.24, 2.45) is 0 Å². The Labute approximate surface area is 73.4 Å². The van der Waals surface area contributed by atoms with Crippen molar-refractivity contribution in [1.82, 2.24) is 4.98 Å². The van der Waals surface area contributed by atoms with E-state index in [4.69, 9.17) is 5.73 Å². The Morgan fingerprint density at radius 3 is 2.75 bits per heavy atom. The van der Waals surface area contributed by atoms with Gasteiger partial charge < -0.3 is 5.73 Å². The zero-order valence-corrected chi connectivity index (χ0v) is 7.61. The van der Waals surface area contributed by atoms with E-state index in [0.717, 1.165) is 11.3 Å². The van der Waals surface area contributed by atoms with Crippen molar-refractivity contribution in [2.75, 3.05) is 5.73 Å². The van der Waals surface area contributed by atoms with Gasteiger partial charge in [0.1, 0.15) is 0 Å². The van der Waals surface area contributed by atoms with E-state index in [-0.39, 0.29) is 10.8 Å². The van der Waals surface area contributed by atoms with Crippen LogP contribution < -0.4 is 5.73 Å². The normalized spacial score (nSPS) is 15.6. The van der Waals surface area contributed by atoms with E-state index in [2.05, 4.69) is 4.98 Å². The molecule has 0 saturated carbocycles. The molecule has 1 aromatic rings. The summed E-state index contributed by atoms with van der Waals surface area (Å²) in [6, 6.07) is 0. The monoisotopic (exact) mass is 188 g/mol. The summed E-state index contributed by atoms with van der Waals surface area (Å²) < 4.78 is 13.5. The number of hydrogen-bond acceptors (Lipinski definition) is 4. The number of nitrogens with two attached hydrogens (primary N) is 1. The second-order valence-electron chi connectivity index (χ2n) is 2.63. The Bertz CT molecular complexity index is 308. The van der Waals surface area contributed by atoms with Gasteiger partial charge in [0.05, 0.1) is 5.69 Å². The first kappa shape index (κ1) is 9.12. The summed E-state index contributed by atoms with van der Waals surface area (Å²) in [7, 11) is 0. The molecule has 0 radical (unpaired) electrons. The maximum absolute atomic E-state index is 13.5. The number of anilines is 1. The molecule has 2 N–H and O–H groups in total. The van der Waals surface area contributed by atoms with Gasteiger partial charge in [-0.25, -0.2) is 9.37 Å². The molecule has 1 unspecified atom stereocenters. The van der Waals surface area contributed by atoms with Gasteiger partial charge in [0, 0.05) is 5.38 Å². The fourth-order valence-electron chi connectivity index (χ4n) is 0.684. The molecule has 0 aromatic carbocycles. The molecule has 0 saturated heterocycles. The van der Waals surface area contributed by atoms with Crippen molar-refractivity contribution in [2.45, 2.75) is 19.5 Å². The van der Waals surface area contributed by atoms with Crippen LogP contribution in [-0.2, 0) is 10.5 Å². The van der Waals surface area contributed by atoms with Gasteiger partial charge in [0.15, 0.2) is 10.9 Å². The van der Waals surface area contributed by atoms with Gasteiger partial charge in [0.2, 0.25) is 5.67 Å². The number of aromatic nitrogens is 1. The van der Waals surface area contributed by atoms with Gasteiger partial charge in [0.25, 0.3) is 0 Å². The lowest BCUT2D eigenvalue weighted by atomic mass is 10.0. The highest BCUT2D eigenvalue weighted by Gasteiger charge is 2.33. The highest BCUT2D eigenvalue weighted by molar-refractivity contribution is 7.13. The molecule has 1 rings (SSSR count). The van der Waals surface area contributed by atoms with Crippen molar-refractivity contribution in [3.63, 3.8) is 0 Å². The van der Waals surface area contributed by atoms with Crippen LogP contribution in [0.5, 0.6) is 0 Å². The number of carbonyl (C=O) groups excluding carboxylic acids is 1. The van der Waals surface area contributed by atoms with Crippen LogP contribution in [0.2, 0.25) is 0 Å². The Morgan fingerprint density at radius 1 is 1.83 bits per heavy atom. The third-order valence-corrected chi connectivity index (χ3v) is 2.34. The van der Waals surface area contributed by atoms with E-state index >= 15 is 0 Å². The quantitative estimate of drug-likeness (QED) is 0.765. The summed E-state index contributed by atoms with van der Waals surface area (Å²) in [5.74, 6) is -0.562. The van der Waals surface area contributed by atoms with Crippen LogP contribution in [0.25, 0.3) is 0 Å². The van der Waals surface area contributed by atoms with Gasteiger partial charge in [-0.3, -0.25) is 4.79 Å². The van der Waals surface area contributed by atoms with Gasteiger partial charge in [-0.2, -0.15) is 0 Å². The standard InChI is InChI=1S/C7H9FN2OS/c1-4(11)7(2,8)5-3-12-6(9)10-5/h3H,1-2H3,(H2,9,10). The number of alkyl halides is 1. The first-order valence-electron chi connectivity index (χ1n) is 3.36. The number of Topliss-reactive ketones (excluding diaryl/α,β-unsaturated/α-hetero) is 1. The Kier molecular flexibility index (Phi) is 2.14. The summed E-state index contributed by atoms with van der Waals surface area (Å²) >= 11 is 1.12. The molecule has 66 valence electrons. The third kappa shape index (κ3) is 1.45. The van der Waals surface area contributed by atoms with Gasteiger partial charge in [-0.15, -0.1) is 11.3 Å². The average Bonchev–Trinajstić information content (AvgIpc) is 2.35. The maximum Gasteiger partial charge on any atom is 0.208 e. The second kappa shape index (κ2) is 2.82. The average molecular weight is 188 g/mol. The van der Waals surface area contributed by atoms with Gasteiger partial charge in [-0.05, 0) is 13.8 Å². The molecule has 0 amide bonds. The number of hydrogen-bond donors (Lipinski definition) is 1. The van der Waals surface area contributed by atoms with E-state index in [0.29, 0.717) is 0 Å². The number of ketones is 1. The van der Waals surface area contributed by atoms with Gasteiger partial charge >= 0.3 is 0 Å². The van der Waals surface area contributed by atoms with Crippen LogP contribution in [0.4, 0.5) is 9.52 Å². The molecule has 0 fully saturated rings. The molecule has 1 aromatic heterocycles. The fourth-order valence-corrected chi connectivity index (χ4v) is 1.34. The molecule has 3 nitrogen and oxygen atoms in total. The lowest BCUT2D eigenvalue weighted by Crippen LogP contribution is -2.25. The molecule has 0 aliphatic rings. The van der Waals surface area contributed by atoms with Crippen molar-refractivity contribution in [1.29, 1.82) is 0 Å². The van der Waals surface area contributed by atoms with Crippen LogP contribution in [0, 0.1) is 0 Å². The highest BCUT2D eigenvalue weighted by atomic mass is 32.1. The van der Waals surface area contributed by atoms with E-state index in [9.17, 15) is 9.18 Å². The zero-order valence-electron chi connectivity index (χ0n) is 6.80. The largest absolute Gasteiger partial charge is 0.375 e. The molecule has 1 heterocycles. The molecule has 0 spiro atoms. The molecule has 12 heavy (non-hydrogen) atoms. The number of halogens is 1. The molecule has 5 heteroatoms. The molecule has 0 aliphatic carbocycles. The van der Waals surface area contributed by atoms with E-state index in [1.807, 2.05) is 0 Å². The Hall–Kier alpha value is -0.970. The minimum absolute atomic E-state index is 0.0949. The van der Waals surface area contributed by atoms with E-state index in [1.54, 1.807) is 0 Å². The predicted molar refractivity (Wildman–Crippen MR) is 45.7 cm³/mol. The number of nitrogen functional groups attached to an aromatic ring is 1. The molecule has 0 aliphatic heterocycles. The number of carbonyl (C=O) groups is 1. The van der Waals surface area contributed by atoms with Gasteiger partial charge in [-0.1, -0.05) is 0 Å². The molecule has 1 atom stereocenters. The zero-order chi connectivity index (χ0) is 9.35. The number of thiazole rings is 1. The van der Waals surface area contributed by atoms with Crippen LogP contribution in [0.1, 0.15) is 19.5 Å². The topological polar surface area (TPSA) is 56.0 Å². The summed E-state index contributed by atoms with van der Waals surface area (Å²) in [6.07, 6.45) is 0. The SMILES string of the molecule is CC(=O)C(C)(F)c1csc(N)n1. The first-order chi connectivity index (χ1) is 5.44. The fraction of sp³-hybridized carbons (Fsp3) is 0.429. The van der Waals surface area contributed by atoms with Crippen molar-refractivity contribution < 1.29 is 9.18 Å². The van der Waals surface area contributed by atoms with Crippen LogP contribution in [0.3, 0.4) is 0 Å². The minimum atomic E-state index is -2.01. The number of nitrogens with zero attached hydrogens (tertiary/aromatic N) is 1. The second-order valence-corrected chi connectivity index (χ2v) is 3.52. The lowest BCUT2D eigenvalue weighted by Gasteiger charge is -2.12. The van der Waals surface area contributed by atoms with E-state index in [1.165, 1.54) is 19.2 Å². The van der Waals surface area contributed by atoms with Crippen molar-refractivity contribution in [3.8, 4) is 0 Å². The summed E-state index contributed by atoms with van der Waals surface area (Å²) in [6.45, 7) is 2.37. The lowest BCUT2D eigenvalue weighted by molar-refractivity contribution is -0.128. The number of rotatable bonds is 2. The Balaban J connectivity index is 3.05. The highest BCUT2D eigenvalue weighted by Crippen LogP contribution is 2.28. The van der Waals surface area contributed by atoms with Crippen LogP contribution in [0.15, 0.2) is 5.38 Å². The van der Waals surface area contributed by atoms with Crippen LogP contribution >= 0.6 is 11.3 Å². The van der Waals surface area contributed by atoms with Crippen LogP contribution in [-0.4, -0.2) is 10.8 Å². The summed E-state index contributed by atoms with van der Waals surface area (Å²) in [5, 5.41) is 1.73. The maximum atomic E-state index is 13.5. The van der Waals surface area contributed by atoms with Crippen molar-refractivity contribution in [3.05, 3.63) is 11.1 Å². The Morgan fingerprint density at radius 2 is 2.42 bits per heavy atom. The predicted octanol–water partition coefficient (Wildman–Crippen LogP) is 1.50. The summed E-state index contributed by atoms with van der Waals surface area (Å²) in [5.41, 5.74) is 3.39. The third-order valence-electron chi connectivity index (χ3n) is 1.66. The minimum Gasteiger partial charge on any atom is -0.375 e. The summed E-state index contributed by atoms with van der Waals surface area (Å²) in [4.78, 5) is 14.5. The first-order valence-corrected chi connectivity index (χ1v) is 4.24. The van der Waals surface area contributed by atoms with E-state index < -0.39 is 11.5 Å². The molecule has 0 bridgehead atoms.